The minimum Gasteiger partial charge on any atom is -0.474 e. The third kappa shape index (κ3) is 4.83. The summed E-state index contributed by atoms with van der Waals surface area (Å²) in [6.07, 6.45) is 6.65. The number of carbonyl (C=O) groups excluding carboxylic acids is 1. The van der Waals surface area contributed by atoms with Gasteiger partial charge in [-0.05, 0) is 50.8 Å². The van der Waals surface area contributed by atoms with Crippen molar-refractivity contribution in [3.8, 4) is 17.3 Å². The Morgan fingerprint density at radius 1 is 1.17 bits per heavy atom. The van der Waals surface area contributed by atoms with E-state index in [9.17, 15) is 4.79 Å². The number of ether oxygens (including phenoxy) is 1. The molecule has 0 atom stereocenters. The Hall–Kier alpha value is -3.15. The zero-order valence-electron chi connectivity index (χ0n) is 16.6. The Balaban J connectivity index is 1.37. The van der Waals surface area contributed by atoms with Crippen LogP contribution in [-0.4, -0.2) is 22.0 Å². The van der Waals surface area contributed by atoms with E-state index in [4.69, 9.17) is 9.15 Å². The molecule has 2 aromatic heterocycles. The lowest BCUT2D eigenvalue weighted by Gasteiger charge is -2.15. The summed E-state index contributed by atoms with van der Waals surface area (Å²) in [6, 6.07) is 13.5. The molecule has 0 saturated heterocycles. The molecule has 29 heavy (non-hydrogen) atoms. The number of nitrogens with zero attached hydrogens (tertiary/aromatic N) is 2. The topological polar surface area (TPSA) is 77.3 Å². The third-order valence-corrected chi connectivity index (χ3v) is 5.15. The monoisotopic (exact) mass is 391 g/mol. The van der Waals surface area contributed by atoms with E-state index >= 15 is 0 Å². The quantitative estimate of drug-likeness (QED) is 0.652. The molecule has 0 bridgehead atoms. The SMILES string of the molecule is Cc1oc(-c2ccccc2)nc1CC(=O)NCc1cccnc1OC1CCCC1. The summed E-state index contributed by atoms with van der Waals surface area (Å²) >= 11 is 0. The maximum absolute atomic E-state index is 12.5. The van der Waals surface area contributed by atoms with Crippen molar-refractivity contribution >= 4 is 5.91 Å². The highest BCUT2D eigenvalue weighted by atomic mass is 16.5. The lowest BCUT2D eigenvalue weighted by molar-refractivity contribution is -0.120. The average Bonchev–Trinajstić information content (AvgIpc) is 3.38. The van der Waals surface area contributed by atoms with E-state index in [1.165, 1.54) is 12.8 Å². The lowest BCUT2D eigenvalue weighted by Crippen LogP contribution is -2.25. The molecule has 3 aromatic rings. The number of amides is 1. The van der Waals surface area contributed by atoms with Gasteiger partial charge in [0.05, 0.1) is 12.1 Å². The largest absolute Gasteiger partial charge is 0.474 e. The van der Waals surface area contributed by atoms with Crippen molar-refractivity contribution in [1.29, 1.82) is 0 Å². The van der Waals surface area contributed by atoms with Crippen LogP contribution in [0.5, 0.6) is 5.88 Å². The molecule has 1 aliphatic rings. The zero-order valence-corrected chi connectivity index (χ0v) is 16.6. The number of nitrogens with one attached hydrogen (secondary N) is 1. The summed E-state index contributed by atoms with van der Waals surface area (Å²) in [6.45, 7) is 2.20. The second-order valence-electron chi connectivity index (χ2n) is 7.33. The molecule has 0 aliphatic heterocycles. The first-order valence-corrected chi connectivity index (χ1v) is 10.1. The molecule has 0 radical (unpaired) electrons. The predicted molar refractivity (Wildman–Crippen MR) is 109 cm³/mol. The van der Waals surface area contributed by atoms with Crippen molar-refractivity contribution in [3.05, 3.63) is 65.7 Å². The summed E-state index contributed by atoms with van der Waals surface area (Å²) in [5.74, 6) is 1.69. The number of hydrogen-bond acceptors (Lipinski definition) is 5. The van der Waals surface area contributed by atoms with Gasteiger partial charge in [-0.1, -0.05) is 24.3 Å². The predicted octanol–water partition coefficient (Wildman–Crippen LogP) is 4.23. The van der Waals surface area contributed by atoms with Gasteiger partial charge >= 0.3 is 0 Å². The number of oxazole rings is 1. The van der Waals surface area contributed by atoms with Crippen LogP contribution in [0.15, 0.2) is 53.1 Å². The maximum atomic E-state index is 12.5. The Bertz CT molecular complexity index is 963. The first kappa shape index (κ1) is 19.2. The molecular formula is C23H25N3O3. The van der Waals surface area contributed by atoms with Gasteiger partial charge in [0.1, 0.15) is 11.9 Å². The molecule has 0 spiro atoms. The van der Waals surface area contributed by atoms with Crippen molar-refractivity contribution in [2.24, 2.45) is 0 Å². The molecule has 1 fully saturated rings. The van der Waals surface area contributed by atoms with E-state index in [0.29, 0.717) is 29.8 Å². The smallest absolute Gasteiger partial charge is 0.226 e. The second-order valence-corrected chi connectivity index (χ2v) is 7.33. The van der Waals surface area contributed by atoms with E-state index in [0.717, 1.165) is 24.0 Å². The van der Waals surface area contributed by atoms with Crippen molar-refractivity contribution in [2.45, 2.75) is 51.7 Å². The normalized spacial score (nSPS) is 14.1. The average molecular weight is 391 g/mol. The van der Waals surface area contributed by atoms with Gasteiger partial charge in [0, 0.05) is 23.9 Å². The highest BCUT2D eigenvalue weighted by molar-refractivity contribution is 5.78. The van der Waals surface area contributed by atoms with E-state index in [1.54, 1.807) is 6.20 Å². The molecule has 1 amide bonds. The van der Waals surface area contributed by atoms with Crippen LogP contribution in [0.1, 0.15) is 42.7 Å². The summed E-state index contributed by atoms with van der Waals surface area (Å²) < 4.78 is 11.8. The fourth-order valence-corrected chi connectivity index (χ4v) is 3.53. The van der Waals surface area contributed by atoms with Gasteiger partial charge in [-0.25, -0.2) is 9.97 Å². The molecule has 0 unspecified atom stereocenters. The van der Waals surface area contributed by atoms with Gasteiger partial charge in [-0.3, -0.25) is 4.79 Å². The molecule has 6 nitrogen and oxygen atoms in total. The third-order valence-electron chi connectivity index (χ3n) is 5.15. The molecule has 1 saturated carbocycles. The fraction of sp³-hybridized carbons (Fsp3) is 0.348. The van der Waals surface area contributed by atoms with Crippen LogP contribution in [0.3, 0.4) is 0 Å². The highest BCUT2D eigenvalue weighted by Gasteiger charge is 2.19. The van der Waals surface area contributed by atoms with Gasteiger partial charge in [-0.2, -0.15) is 0 Å². The van der Waals surface area contributed by atoms with Crippen LogP contribution in [0, 0.1) is 6.92 Å². The molecule has 150 valence electrons. The van der Waals surface area contributed by atoms with Crippen LogP contribution < -0.4 is 10.1 Å². The first-order valence-electron chi connectivity index (χ1n) is 10.1. The second kappa shape index (κ2) is 8.90. The van der Waals surface area contributed by atoms with Crippen LogP contribution in [0.4, 0.5) is 0 Å². The number of aromatic nitrogens is 2. The van der Waals surface area contributed by atoms with E-state index < -0.39 is 0 Å². The summed E-state index contributed by atoms with van der Waals surface area (Å²) in [5, 5.41) is 2.95. The maximum Gasteiger partial charge on any atom is 0.226 e. The van der Waals surface area contributed by atoms with Crippen molar-refractivity contribution in [2.75, 3.05) is 0 Å². The minimum atomic E-state index is -0.114. The van der Waals surface area contributed by atoms with Gasteiger partial charge < -0.3 is 14.5 Å². The fourth-order valence-electron chi connectivity index (χ4n) is 3.53. The molecule has 1 aliphatic carbocycles. The Labute approximate surface area is 170 Å². The van der Waals surface area contributed by atoms with Crippen molar-refractivity contribution in [1.82, 2.24) is 15.3 Å². The molecule has 2 heterocycles. The van der Waals surface area contributed by atoms with Gasteiger partial charge in [0.2, 0.25) is 17.7 Å². The zero-order chi connectivity index (χ0) is 20.1. The molecule has 4 rings (SSSR count). The number of benzene rings is 1. The van der Waals surface area contributed by atoms with Gasteiger partial charge in [0.15, 0.2) is 0 Å². The summed E-state index contributed by atoms with van der Waals surface area (Å²) in [7, 11) is 0. The van der Waals surface area contributed by atoms with Crippen LogP contribution >= 0.6 is 0 Å². The first-order chi connectivity index (χ1) is 14.2. The number of pyridine rings is 1. The molecule has 1 N–H and O–H groups in total. The van der Waals surface area contributed by atoms with Crippen LogP contribution in [-0.2, 0) is 17.8 Å². The number of aryl methyl sites for hydroxylation is 1. The Morgan fingerprint density at radius 2 is 1.97 bits per heavy atom. The number of hydrogen-bond donors (Lipinski definition) is 1. The summed E-state index contributed by atoms with van der Waals surface area (Å²) in [5.41, 5.74) is 2.43. The van der Waals surface area contributed by atoms with Crippen LogP contribution in [0.2, 0.25) is 0 Å². The van der Waals surface area contributed by atoms with Crippen molar-refractivity contribution in [3.63, 3.8) is 0 Å². The lowest BCUT2D eigenvalue weighted by atomic mass is 10.2. The van der Waals surface area contributed by atoms with E-state index in [1.807, 2.05) is 49.4 Å². The summed E-state index contributed by atoms with van der Waals surface area (Å²) in [4.78, 5) is 21.3. The Kier molecular flexibility index (Phi) is 5.89. The minimum absolute atomic E-state index is 0.114. The van der Waals surface area contributed by atoms with E-state index in [2.05, 4.69) is 15.3 Å². The number of carbonyl (C=O) groups is 1. The highest BCUT2D eigenvalue weighted by Crippen LogP contribution is 2.25. The molecular weight excluding hydrogens is 366 g/mol. The van der Waals surface area contributed by atoms with Gasteiger partial charge in [-0.15, -0.1) is 0 Å². The molecule has 6 heteroatoms. The van der Waals surface area contributed by atoms with E-state index in [-0.39, 0.29) is 18.4 Å². The standard InChI is InChI=1S/C23H25N3O3/c1-16-20(26-23(28-16)17-8-3-2-4-9-17)14-21(27)25-15-18-10-7-13-24-22(18)29-19-11-5-6-12-19/h2-4,7-10,13,19H,5-6,11-12,14-15H2,1H3,(H,25,27). The molecule has 1 aromatic carbocycles. The Morgan fingerprint density at radius 3 is 2.76 bits per heavy atom. The number of rotatable bonds is 7. The van der Waals surface area contributed by atoms with Crippen molar-refractivity contribution < 1.29 is 13.9 Å². The van der Waals surface area contributed by atoms with Crippen LogP contribution in [0.25, 0.3) is 11.5 Å². The van der Waals surface area contributed by atoms with Gasteiger partial charge in [0.25, 0.3) is 0 Å².